The third-order valence-corrected chi connectivity index (χ3v) is 3.86. The molecule has 2 atom stereocenters. The van der Waals surface area contributed by atoms with Crippen LogP contribution < -0.4 is 5.73 Å². The minimum absolute atomic E-state index is 0.0280. The van der Waals surface area contributed by atoms with Crippen molar-refractivity contribution in [2.45, 2.75) is 39.4 Å². The van der Waals surface area contributed by atoms with E-state index in [0.717, 1.165) is 30.4 Å². The standard InChI is InChI=1S/C12H23N3OS/c1-5-15(9(2)7-16-4)6-11-8-17-12(14-11)10(3)13/h8-10H,5-7,13H2,1-4H3. The van der Waals surface area contributed by atoms with Crippen molar-refractivity contribution >= 4 is 11.3 Å². The Balaban J connectivity index is 2.60. The summed E-state index contributed by atoms with van der Waals surface area (Å²) in [6.07, 6.45) is 0. The van der Waals surface area contributed by atoms with Crippen LogP contribution in [-0.2, 0) is 11.3 Å². The van der Waals surface area contributed by atoms with Crippen molar-refractivity contribution in [3.63, 3.8) is 0 Å². The number of likely N-dealkylation sites (N-methyl/N-ethyl adjacent to an activating group) is 1. The van der Waals surface area contributed by atoms with Gasteiger partial charge < -0.3 is 10.5 Å². The van der Waals surface area contributed by atoms with Crippen LogP contribution in [0.1, 0.15) is 37.5 Å². The lowest BCUT2D eigenvalue weighted by molar-refractivity contribution is 0.0975. The van der Waals surface area contributed by atoms with Crippen LogP contribution in [0.5, 0.6) is 0 Å². The first-order chi connectivity index (χ1) is 8.08. The Kier molecular flexibility index (Phi) is 6.05. The van der Waals surface area contributed by atoms with Gasteiger partial charge >= 0.3 is 0 Å². The summed E-state index contributed by atoms with van der Waals surface area (Å²) in [6.45, 7) is 8.91. The Morgan fingerprint density at radius 2 is 2.24 bits per heavy atom. The van der Waals surface area contributed by atoms with Gasteiger partial charge in [0.2, 0.25) is 0 Å². The van der Waals surface area contributed by atoms with Crippen LogP contribution in [-0.4, -0.2) is 36.2 Å². The number of hydrogen-bond acceptors (Lipinski definition) is 5. The molecule has 2 unspecified atom stereocenters. The predicted molar refractivity (Wildman–Crippen MR) is 72.1 cm³/mol. The number of hydrogen-bond donors (Lipinski definition) is 1. The summed E-state index contributed by atoms with van der Waals surface area (Å²) in [5.74, 6) is 0. The summed E-state index contributed by atoms with van der Waals surface area (Å²) in [4.78, 5) is 6.90. The van der Waals surface area contributed by atoms with Gasteiger partial charge in [0.1, 0.15) is 5.01 Å². The molecule has 4 nitrogen and oxygen atoms in total. The Labute approximate surface area is 108 Å². The Morgan fingerprint density at radius 3 is 2.71 bits per heavy atom. The largest absolute Gasteiger partial charge is 0.383 e. The van der Waals surface area contributed by atoms with Crippen molar-refractivity contribution in [2.75, 3.05) is 20.3 Å². The van der Waals surface area contributed by atoms with Gasteiger partial charge in [-0.25, -0.2) is 4.98 Å². The molecule has 0 aliphatic rings. The Morgan fingerprint density at radius 1 is 1.53 bits per heavy atom. The highest BCUT2D eigenvalue weighted by molar-refractivity contribution is 7.09. The van der Waals surface area contributed by atoms with Crippen molar-refractivity contribution in [1.82, 2.24) is 9.88 Å². The number of nitrogens with zero attached hydrogens (tertiary/aromatic N) is 2. The monoisotopic (exact) mass is 257 g/mol. The van der Waals surface area contributed by atoms with Crippen molar-refractivity contribution in [1.29, 1.82) is 0 Å². The highest BCUT2D eigenvalue weighted by Crippen LogP contribution is 2.17. The highest BCUT2D eigenvalue weighted by Gasteiger charge is 2.14. The van der Waals surface area contributed by atoms with Crippen LogP contribution in [0.3, 0.4) is 0 Å². The smallest absolute Gasteiger partial charge is 0.109 e. The van der Waals surface area contributed by atoms with Gasteiger partial charge in [-0.3, -0.25) is 4.90 Å². The number of nitrogens with two attached hydrogens (primary N) is 1. The fraction of sp³-hybridized carbons (Fsp3) is 0.750. The zero-order chi connectivity index (χ0) is 12.8. The summed E-state index contributed by atoms with van der Waals surface area (Å²) in [5.41, 5.74) is 6.92. The SMILES string of the molecule is CCN(Cc1csc(C(C)N)n1)C(C)COC. The summed E-state index contributed by atoms with van der Waals surface area (Å²) >= 11 is 1.64. The minimum Gasteiger partial charge on any atom is -0.383 e. The molecule has 1 heterocycles. The summed E-state index contributed by atoms with van der Waals surface area (Å²) in [6, 6.07) is 0.436. The maximum Gasteiger partial charge on any atom is 0.109 e. The lowest BCUT2D eigenvalue weighted by Gasteiger charge is -2.26. The molecular formula is C12H23N3OS. The van der Waals surface area contributed by atoms with Gasteiger partial charge in [0.15, 0.2) is 0 Å². The number of rotatable bonds is 7. The molecule has 0 amide bonds. The normalized spacial score (nSPS) is 15.2. The molecular weight excluding hydrogens is 234 g/mol. The summed E-state index contributed by atoms with van der Waals surface area (Å²) in [5, 5.41) is 3.11. The summed E-state index contributed by atoms with van der Waals surface area (Å²) in [7, 11) is 1.74. The molecule has 1 aromatic heterocycles. The second-order valence-electron chi connectivity index (χ2n) is 4.33. The minimum atomic E-state index is 0.0280. The van der Waals surface area contributed by atoms with Gasteiger partial charge in [0, 0.05) is 25.1 Å². The molecule has 0 fully saturated rings. The number of methoxy groups -OCH3 is 1. The van der Waals surface area contributed by atoms with E-state index >= 15 is 0 Å². The fourth-order valence-corrected chi connectivity index (χ4v) is 2.51. The molecule has 5 heteroatoms. The molecule has 1 rings (SSSR count). The maximum atomic E-state index is 5.81. The van der Waals surface area contributed by atoms with Crippen LogP contribution in [0.2, 0.25) is 0 Å². The molecule has 0 saturated heterocycles. The average molecular weight is 257 g/mol. The quantitative estimate of drug-likeness (QED) is 0.812. The van der Waals surface area contributed by atoms with E-state index in [2.05, 4.69) is 29.1 Å². The van der Waals surface area contributed by atoms with Gasteiger partial charge in [-0.2, -0.15) is 0 Å². The predicted octanol–water partition coefficient (Wildman–Crippen LogP) is 2.02. The lowest BCUT2D eigenvalue weighted by atomic mass is 10.2. The number of thiazole rings is 1. The third kappa shape index (κ3) is 4.35. The first-order valence-electron chi connectivity index (χ1n) is 6.01. The molecule has 1 aromatic rings. The van der Waals surface area contributed by atoms with Gasteiger partial charge in [-0.1, -0.05) is 6.92 Å². The molecule has 17 heavy (non-hydrogen) atoms. The Bertz CT molecular complexity index is 327. The molecule has 2 N–H and O–H groups in total. The van der Waals surface area contributed by atoms with Crippen molar-refractivity contribution in [3.8, 4) is 0 Å². The van der Waals surface area contributed by atoms with Gasteiger partial charge in [-0.05, 0) is 20.4 Å². The van der Waals surface area contributed by atoms with E-state index in [-0.39, 0.29) is 6.04 Å². The van der Waals surface area contributed by atoms with Crippen molar-refractivity contribution < 1.29 is 4.74 Å². The van der Waals surface area contributed by atoms with E-state index in [4.69, 9.17) is 10.5 Å². The van der Waals surface area contributed by atoms with Gasteiger partial charge in [-0.15, -0.1) is 11.3 Å². The van der Waals surface area contributed by atoms with Crippen LogP contribution in [0.4, 0.5) is 0 Å². The first kappa shape index (κ1) is 14.6. The molecule has 0 aliphatic carbocycles. The molecule has 0 bridgehead atoms. The zero-order valence-electron chi connectivity index (χ0n) is 11.1. The van der Waals surface area contributed by atoms with Gasteiger partial charge in [0.05, 0.1) is 18.3 Å². The molecule has 0 aromatic carbocycles. The van der Waals surface area contributed by atoms with Crippen molar-refractivity contribution in [2.24, 2.45) is 5.73 Å². The maximum absolute atomic E-state index is 5.81. The summed E-state index contributed by atoms with van der Waals surface area (Å²) < 4.78 is 5.19. The van der Waals surface area contributed by atoms with E-state index in [9.17, 15) is 0 Å². The number of aromatic nitrogens is 1. The average Bonchev–Trinajstić information content (AvgIpc) is 2.74. The first-order valence-corrected chi connectivity index (χ1v) is 6.89. The van der Waals surface area contributed by atoms with E-state index in [1.807, 2.05) is 6.92 Å². The van der Waals surface area contributed by atoms with Crippen LogP contribution in [0.25, 0.3) is 0 Å². The molecule has 0 spiro atoms. The molecule has 0 radical (unpaired) electrons. The third-order valence-electron chi connectivity index (χ3n) is 2.76. The molecule has 0 saturated carbocycles. The highest BCUT2D eigenvalue weighted by atomic mass is 32.1. The topological polar surface area (TPSA) is 51.4 Å². The molecule has 0 aliphatic heterocycles. The van der Waals surface area contributed by atoms with E-state index in [1.54, 1.807) is 18.4 Å². The second-order valence-corrected chi connectivity index (χ2v) is 5.22. The van der Waals surface area contributed by atoms with Crippen LogP contribution in [0.15, 0.2) is 5.38 Å². The zero-order valence-corrected chi connectivity index (χ0v) is 12.0. The Hall–Kier alpha value is -0.490. The van der Waals surface area contributed by atoms with Gasteiger partial charge in [0.25, 0.3) is 0 Å². The van der Waals surface area contributed by atoms with Crippen LogP contribution in [0, 0.1) is 0 Å². The van der Waals surface area contributed by atoms with Crippen molar-refractivity contribution in [3.05, 3.63) is 16.1 Å². The molecule has 98 valence electrons. The van der Waals surface area contributed by atoms with E-state index in [1.165, 1.54) is 0 Å². The fourth-order valence-electron chi connectivity index (χ4n) is 1.74. The second kappa shape index (κ2) is 7.06. The lowest BCUT2D eigenvalue weighted by Crippen LogP contribution is -2.35. The van der Waals surface area contributed by atoms with E-state index in [0.29, 0.717) is 6.04 Å². The number of ether oxygens (including phenoxy) is 1. The van der Waals surface area contributed by atoms with E-state index < -0.39 is 0 Å². The van der Waals surface area contributed by atoms with Crippen LogP contribution >= 0.6 is 11.3 Å².